The van der Waals surface area contributed by atoms with Crippen LogP contribution in [-0.2, 0) is 4.79 Å². The Labute approximate surface area is 278 Å². The third-order valence-corrected chi connectivity index (χ3v) is 9.80. The van der Waals surface area contributed by atoms with Crippen molar-refractivity contribution in [1.82, 2.24) is 4.90 Å². The lowest BCUT2D eigenvalue weighted by Crippen LogP contribution is -2.28. The number of unbranched alkanes of at least 4 members (excludes halogenated alkanes) is 32. The molecule has 0 bridgehead atoms. The Morgan fingerprint density at radius 1 is 0.341 bits per heavy atom. The third kappa shape index (κ3) is 37.6. The first-order valence-electron chi connectivity index (χ1n) is 20.6. The van der Waals surface area contributed by atoms with E-state index < -0.39 is 5.97 Å². The van der Waals surface area contributed by atoms with Gasteiger partial charge in [0.05, 0.1) is 6.42 Å². The van der Waals surface area contributed by atoms with Gasteiger partial charge in [0, 0.05) is 6.54 Å². The van der Waals surface area contributed by atoms with E-state index in [4.69, 9.17) is 0 Å². The van der Waals surface area contributed by atoms with Gasteiger partial charge in [-0.05, 0) is 25.9 Å². The molecule has 0 fully saturated rings. The van der Waals surface area contributed by atoms with Crippen molar-refractivity contribution < 1.29 is 9.90 Å². The number of carbonyl (C=O) groups is 1. The molecule has 1 N–H and O–H groups in total. The summed E-state index contributed by atoms with van der Waals surface area (Å²) in [5.74, 6) is -0.653. The number of hydrogen-bond donors (Lipinski definition) is 1. The lowest BCUT2D eigenvalue weighted by atomic mass is 10.0. The molecule has 0 saturated carbocycles. The molecule has 0 heterocycles. The molecule has 0 amide bonds. The van der Waals surface area contributed by atoms with E-state index in [0.717, 1.165) is 19.6 Å². The normalized spacial score (nSPS) is 11.6. The summed E-state index contributed by atoms with van der Waals surface area (Å²) in [6.45, 7) is 7.50. The lowest BCUT2D eigenvalue weighted by Gasteiger charge is -2.21. The van der Waals surface area contributed by atoms with Crippen LogP contribution < -0.4 is 0 Å². The molecular weight excluding hydrogens is 538 g/mol. The summed E-state index contributed by atoms with van der Waals surface area (Å²) in [5.41, 5.74) is 0. The zero-order valence-corrected chi connectivity index (χ0v) is 30.7. The van der Waals surface area contributed by atoms with Crippen LogP contribution in [0.4, 0.5) is 0 Å². The molecule has 3 heteroatoms. The first-order valence-corrected chi connectivity index (χ1v) is 20.6. The molecule has 0 aliphatic heterocycles. The van der Waals surface area contributed by atoms with Gasteiger partial charge in [-0.25, -0.2) is 0 Å². The molecule has 0 radical (unpaired) electrons. The Balaban J connectivity index is 3.53. The maximum Gasteiger partial charge on any atom is 0.304 e. The predicted octanol–water partition coefficient (Wildman–Crippen LogP) is 14.1. The Kier molecular flexibility index (Phi) is 38.1. The standard InChI is InChI=1S/C41H83NO2/c1-3-5-7-9-11-13-15-17-19-21-23-25-27-29-31-33-35-38-42(40-37-41(43)44)39-36-34-32-30-28-26-24-22-20-18-16-14-12-10-8-6-4-2/h3-40H2,1-2H3,(H,43,44). The molecule has 0 spiro atoms. The van der Waals surface area contributed by atoms with Crippen LogP contribution >= 0.6 is 0 Å². The van der Waals surface area contributed by atoms with E-state index in [1.54, 1.807) is 0 Å². The summed E-state index contributed by atoms with van der Waals surface area (Å²) in [5, 5.41) is 9.18. The summed E-state index contributed by atoms with van der Waals surface area (Å²) in [4.78, 5) is 13.6. The molecule has 0 rings (SSSR count). The minimum Gasteiger partial charge on any atom is -0.481 e. The lowest BCUT2D eigenvalue weighted by molar-refractivity contribution is -0.137. The maximum atomic E-state index is 11.1. The van der Waals surface area contributed by atoms with Crippen molar-refractivity contribution in [1.29, 1.82) is 0 Å². The molecular formula is C41H83NO2. The third-order valence-electron chi connectivity index (χ3n) is 9.80. The zero-order valence-electron chi connectivity index (χ0n) is 30.7. The van der Waals surface area contributed by atoms with E-state index in [1.165, 1.54) is 218 Å². The van der Waals surface area contributed by atoms with Gasteiger partial charge in [0.15, 0.2) is 0 Å². The van der Waals surface area contributed by atoms with Crippen LogP contribution in [0.3, 0.4) is 0 Å². The zero-order chi connectivity index (χ0) is 32.0. The minimum absolute atomic E-state index is 0.290. The highest BCUT2D eigenvalue weighted by molar-refractivity contribution is 5.66. The molecule has 0 aliphatic carbocycles. The van der Waals surface area contributed by atoms with Crippen molar-refractivity contribution >= 4 is 5.97 Å². The molecule has 0 aromatic heterocycles. The number of carboxylic acid groups (broad SMARTS) is 1. The van der Waals surface area contributed by atoms with E-state index >= 15 is 0 Å². The molecule has 0 aromatic carbocycles. The predicted molar refractivity (Wildman–Crippen MR) is 197 cm³/mol. The number of carboxylic acids is 1. The van der Waals surface area contributed by atoms with Gasteiger partial charge in [0.1, 0.15) is 0 Å². The Morgan fingerprint density at radius 3 is 0.750 bits per heavy atom. The summed E-state index contributed by atoms with van der Waals surface area (Å²) >= 11 is 0. The van der Waals surface area contributed by atoms with Crippen LogP contribution in [0.5, 0.6) is 0 Å². The smallest absolute Gasteiger partial charge is 0.304 e. The fraction of sp³-hybridized carbons (Fsp3) is 0.976. The van der Waals surface area contributed by atoms with Crippen LogP contribution in [0, 0.1) is 0 Å². The maximum absolute atomic E-state index is 11.1. The van der Waals surface area contributed by atoms with E-state index in [9.17, 15) is 9.90 Å². The second-order valence-corrected chi connectivity index (χ2v) is 14.3. The summed E-state index contributed by atoms with van der Waals surface area (Å²) in [7, 11) is 0. The van der Waals surface area contributed by atoms with E-state index in [0.29, 0.717) is 0 Å². The van der Waals surface area contributed by atoms with Gasteiger partial charge in [0.2, 0.25) is 0 Å². The van der Waals surface area contributed by atoms with Gasteiger partial charge in [-0.1, -0.05) is 219 Å². The number of hydrogen-bond acceptors (Lipinski definition) is 2. The molecule has 3 nitrogen and oxygen atoms in total. The highest BCUT2D eigenvalue weighted by Gasteiger charge is 2.07. The van der Waals surface area contributed by atoms with E-state index in [2.05, 4.69) is 18.7 Å². The number of aliphatic carboxylic acids is 1. The van der Waals surface area contributed by atoms with Crippen molar-refractivity contribution in [3.05, 3.63) is 0 Å². The summed E-state index contributed by atoms with van der Waals surface area (Å²) in [6.07, 6.45) is 48.1. The Morgan fingerprint density at radius 2 is 0.545 bits per heavy atom. The Hall–Kier alpha value is -0.570. The Bertz CT molecular complexity index is 499. The van der Waals surface area contributed by atoms with Gasteiger partial charge in [-0.3, -0.25) is 4.79 Å². The van der Waals surface area contributed by atoms with Gasteiger partial charge in [0.25, 0.3) is 0 Å². The molecule has 0 aromatic rings. The largest absolute Gasteiger partial charge is 0.481 e. The van der Waals surface area contributed by atoms with E-state index in [-0.39, 0.29) is 6.42 Å². The molecule has 264 valence electrons. The minimum atomic E-state index is -0.653. The summed E-state index contributed by atoms with van der Waals surface area (Å²) in [6, 6.07) is 0. The van der Waals surface area contributed by atoms with Gasteiger partial charge >= 0.3 is 5.97 Å². The second-order valence-electron chi connectivity index (χ2n) is 14.3. The number of rotatable bonds is 39. The topological polar surface area (TPSA) is 40.5 Å². The van der Waals surface area contributed by atoms with Crippen LogP contribution in [0.15, 0.2) is 0 Å². The SMILES string of the molecule is CCCCCCCCCCCCCCCCCCCN(CCCCCCCCCCCCCCCCCCC)CCC(=O)O. The van der Waals surface area contributed by atoms with Crippen molar-refractivity contribution in [2.75, 3.05) is 19.6 Å². The van der Waals surface area contributed by atoms with Crippen molar-refractivity contribution in [3.8, 4) is 0 Å². The first-order chi connectivity index (χ1) is 21.7. The van der Waals surface area contributed by atoms with Crippen molar-refractivity contribution in [2.24, 2.45) is 0 Å². The molecule has 0 atom stereocenters. The quantitative estimate of drug-likeness (QED) is 0.0694. The monoisotopic (exact) mass is 622 g/mol. The molecule has 0 saturated heterocycles. The fourth-order valence-electron chi connectivity index (χ4n) is 6.71. The van der Waals surface area contributed by atoms with Crippen LogP contribution in [0.1, 0.15) is 239 Å². The fourth-order valence-corrected chi connectivity index (χ4v) is 6.71. The average molecular weight is 622 g/mol. The molecule has 0 aliphatic rings. The highest BCUT2D eigenvalue weighted by Crippen LogP contribution is 2.16. The van der Waals surface area contributed by atoms with Crippen molar-refractivity contribution in [2.45, 2.75) is 239 Å². The molecule has 44 heavy (non-hydrogen) atoms. The van der Waals surface area contributed by atoms with Gasteiger partial charge in [-0.2, -0.15) is 0 Å². The highest BCUT2D eigenvalue weighted by atomic mass is 16.4. The second kappa shape index (κ2) is 38.6. The summed E-state index contributed by atoms with van der Waals surface area (Å²) < 4.78 is 0. The first kappa shape index (κ1) is 43.4. The van der Waals surface area contributed by atoms with Gasteiger partial charge in [-0.15, -0.1) is 0 Å². The number of nitrogens with zero attached hydrogens (tertiary/aromatic N) is 1. The van der Waals surface area contributed by atoms with E-state index in [1.807, 2.05) is 0 Å². The van der Waals surface area contributed by atoms with Gasteiger partial charge < -0.3 is 10.0 Å². The molecule has 0 unspecified atom stereocenters. The van der Waals surface area contributed by atoms with Crippen LogP contribution in [-0.4, -0.2) is 35.6 Å². The van der Waals surface area contributed by atoms with Crippen molar-refractivity contribution in [3.63, 3.8) is 0 Å². The van der Waals surface area contributed by atoms with Crippen LogP contribution in [0.25, 0.3) is 0 Å². The average Bonchev–Trinajstić information content (AvgIpc) is 3.02. The van der Waals surface area contributed by atoms with Crippen LogP contribution in [0.2, 0.25) is 0 Å².